The predicted octanol–water partition coefficient (Wildman–Crippen LogP) is 0.861. The molecule has 7 heteroatoms. The van der Waals surface area contributed by atoms with Crippen LogP contribution in [-0.2, 0) is 12.3 Å². The van der Waals surface area contributed by atoms with Crippen LogP contribution < -0.4 is 11.3 Å². The van der Waals surface area contributed by atoms with Crippen molar-refractivity contribution in [3.8, 4) is 0 Å². The minimum atomic E-state index is -0.232. The number of thioether (sulfide) groups is 1. The van der Waals surface area contributed by atoms with Crippen LogP contribution in [0, 0.1) is 0 Å². The fourth-order valence-electron chi connectivity index (χ4n) is 1.33. The van der Waals surface area contributed by atoms with Gasteiger partial charge < -0.3 is 10.7 Å². The van der Waals surface area contributed by atoms with Crippen LogP contribution in [0.25, 0.3) is 0 Å². The zero-order valence-electron chi connectivity index (χ0n) is 9.38. The fraction of sp³-hybridized carbons (Fsp3) is 0.300. The number of nitrogens with one attached hydrogen (secondary N) is 1. The molecule has 17 heavy (non-hydrogen) atoms. The molecule has 0 saturated carbocycles. The third-order valence-electron chi connectivity index (χ3n) is 2.13. The van der Waals surface area contributed by atoms with E-state index in [-0.39, 0.29) is 11.4 Å². The highest BCUT2D eigenvalue weighted by Gasteiger charge is 2.02. The summed E-state index contributed by atoms with van der Waals surface area (Å²) < 4.78 is 1.85. The summed E-state index contributed by atoms with van der Waals surface area (Å²) in [6.07, 6.45) is 3.78. The molecule has 0 spiro atoms. The molecule has 0 radical (unpaired) electrons. The molecule has 0 saturated heterocycles. The van der Waals surface area contributed by atoms with E-state index in [0.29, 0.717) is 10.9 Å². The van der Waals surface area contributed by atoms with Gasteiger partial charge in [0.1, 0.15) is 5.82 Å². The Kier molecular flexibility index (Phi) is 3.48. The molecule has 0 bridgehead atoms. The molecule has 2 rings (SSSR count). The quantitative estimate of drug-likeness (QED) is 0.621. The summed E-state index contributed by atoms with van der Waals surface area (Å²) in [6, 6.07) is 1.26. The Labute approximate surface area is 102 Å². The van der Waals surface area contributed by atoms with Gasteiger partial charge in [-0.2, -0.15) is 5.10 Å². The molecule has 0 amide bonds. The minimum absolute atomic E-state index is 0.232. The number of nitrogens with two attached hydrogens (primary N) is 1. The Hall–Kier alpha value is -1.76. The first kappa shape index (κ1) is 11.7. The molecule has 0 aliphatic rings. The second-order valence-corrected chi connectivity index (χ2v) is 4.43. The van der Waals surface area contributed by atoms with E-state index in [1.165, 1.54) is 17.8 Å². The third kappa shape index (κ3) is 3.10. The largest absolute Gasteiger partial charge is 0.383 e. The average Bonchev–Trinajstić information content (AvgIpc) is 2.73. The maximum absolute atomic E-state index is 11.2. The molecule has 0 aliphatic heterocycles. The van der Waals surface area contributed by atoms with Gasteiger partial charge in [0.15, 0.2) is 5.16 Å². The number of rotatable bonds is 4. The zero-order chi connectivity index (χ0) is 12.3. The smallest absolute Gasteiger partial charge is 0.253 e. The average molecular weight is 251 g/mol. The molecule has 0 fully saturated rings. The second kappa shape index (κ2) is 5.05. The van der Waals surface area contributed by atoms with E-state index in [0.717, 1.165) is 12.1 Å². The van der Waals surface area contributed by atoms with Gasteiger partial charge in [0.05, 0.1) is 6.20 Å². The predicted molar refractivity (Wildman–Crippen MR) is 66.7 cm³/mol. The Morgan fingerprint density at radius 1 is 1.59 bits per heavy atom. The molecular formula is C10H13N5OS. The van der Waals surface area contributed by atoms with Gasteiger partial charge >= 0.3 is 0 Å². The number of nitrogen functional groups attached to an aromatic ring is 1. The van der Waals surface area contributed by atoms with E-state index >= 15 is 0 Å². The van der Waals surface area contributed by atoms with Gasteiger partial charge in [-0.3, -0.25) is 9.48 Å². The summed E-state index contributed by atoms with van der Waals surface area (Å²) in [7, 11) is 0. The lowest BCUT2D eigenvalue weighted by Crippen LogP contribution is -2.09. The van der Waals surface area contributed by atoms with Crippen molar-refractivity contribution in [3.63, 3.8) is 0 Å². The van der Waals surface area contributed by atoms with E-state index in [2.05, 4.69) is 15.1 Å². The highest BCUT2D eigenvalue weighted by molar-refractivity contribution is 7.98. The Morgan fingerprint density at radius 3 is 3.06 bits per heavy atom. The monoisotopic (exact) mass is 251 g/mol. The number of hydrogen-bond donors (Lipinski definition) is 2. The van der Waals surface area contributed by atoms with Crippen LogP contribution in [0.4, 0.5) is 5.82 Å². The SMILES string of the molecule is CCn1cc(CSc2nc(N)cc(=O)[nH]2)cn1. The van der Waals surface area contributed by atoms with Crippen molar-refractivity contribution >= 4 is 17.6 Å². The van der Waals surface area contributed by atoms with Gasteiger partial charge in [-0.1, -0.05) is 11.8 Å². The van der Waals surface area contributed by atoms with E-state index in [9.17, 15) is 4.79 Å². The van der Waals surface area contributed by atoms with Crippen LogP contribution in [-0.4, -0.2) is 19.7 Å². The van der Waals surface area contributed by atoms with Crippen LogP contribution in [0.15, 0.2) is 28.4 Å². The standard InChI is InChI=1S/C10H13N5OS/c1-2-15-5-7(4-12-15)6-17-10-13-8(11)3-9(16)14-10/h3-5H,2,6H2,1H3,(H3,11,13,14,16). The van der Waals surface area contributed by atoms with Crippen molar-refractivity contribution in [2.45, 2.75) is 24.4 Å². The van der Waals surface area contributed by atoms with E-state index in [4.69, 9.17) is 5.73 Å². The van der Waals surface area contributed by atoms with Crippen molar-refractivity contribution in [1.29, 1.82) is 0 Å². The third-order valence-corrected chi connectivity index (χ3v) is 3.07. The second-order valence-electron chi connectivity index (χ2n) is 3.47. The number of anilines is 1. The van der Waals surface area contributed by atoms with Crippen molar-refractivity contribution in [2.24, 2.45) is 0 Å². The number of aromatic amines is 1. The maximum atomic E-state index is 11.2. The van der Waals surface area contributed by atoms with Crippen molar-refractivity contribution < 1.29 is 0 Å². The molecular weight excluding hydrogens is 238 g/mol. The topological polar surface area (TPSA) is 89.6 Å². The summed E-state index contributed by atoms with van der Waals surface area (Å²) in [5.41, 5.74) is 6.35. The van der Waals surface area contributed by atoms with Crippen molar-refractivity contribution in [3.05, 3.63) is 34.4 Å². The number of nitrogens with zero attached hydrogens (tertiary/aromatic N) is 3. The Morgan fingerprint density at radius 2 is 2.41 bits per heavy atom. The molecule has 2 heterocycles. The van der Waals surface area contributed by atoms with E-state index in [1.807, 2.05) is 17.8 Å². The van der Waals surface area contributed by atoms with Crippen LogP contribution in [0.3, 0.4) is 0 Å². The normalized spacial score (nSPS) is 10.6. The first-order valence-corrected chi connectivity index (χ1v) is 6.17. The van der Waals surface area contributed by atoms with Gasteiger partial charge in [0.2, 0.25) is 0 Å². The summed E-state index contributed by atoms with van der Waals surface area (Å²) in [5.74, 6) is 0.937. The Bertz CT molecular complexity index is 562. The maximum Gasteiger partial charge on any atom is 0.253 e. The Balaban J connectivity index is 2.04. The van der Waals surface area contributed by atoms with Gasteiger partial charge in [-0.15, -0.1) is 0 Å². The summed E-state index contributed by atoms with van der Waals surface area (Å²) in [6.45, 7) is 2.87. The van der Waals surface area contributed by atoms with Crippen molar-refractivity contribution in [2.75, 3.05) is 5.73 Å². The lowest BCUT2D eigenvalue weighted by Gasteiger charge is -1.99. The van der Waals surface area contributed by atoms with E-state index < -0.39 is 0 Å². The number of aromatic nitrogens is 4. The number of aryl methyl sites for hydroxylation is 1. The lowest BCUT2D eigenvalue weighted by molar-refractivity contribution is 0.659. The molecule has 6 nitrogen and oxygen atoms in total. The number of hydrogen-bond acceptors (Lipinski definition) is 5. The summed E-state index contributed by atoms with van der Waals surface area (Å²) in [5, 5.41) is 4.70. The van der Waals surface area contributed by atoms with Crippen molar-refractivity contribution in [1.82, 2.24) is 19.7 Å². The molecule has 3 N–H and O–H groups in total. The minimum Gasteiger partial charge on any atom is -0.383 e. The van der Waals surface area contributed by atoms with Crippen LogP contribution in [0.5, 0.6) is 0 Å². The number of H-pyrrole nitrogens is 1. The van der Waals surface area contributed by atoms with Gasteiger partial charge in [-0.05, 0) is 6.92 Å². The van der Waals surface area contributed by atoms with Crippen LogP contribution in [0.2, 0.25) is 0 Å². The summed E-state index contributed by atoms with van der Waals surface area (Å²) >= 11 is 1.43. The zero-order valence-corrected chi connectivity index (χ0v) is 10.2. The molecule has 0 aliphatic carbocycles. The van der Waals surface area contributed by atoms with Gasteiger partial charge in [0, 0.05) is 30.1 Å². The molecule has 2 aromatic rings. The van der Waals surface area contributed by atoms with Gasteiger partial charge in [0.25, 0.3) is 5.56 Å². The summed E-state index contributed by atoms with van der Waals surface area (Å²) in [4.78, 5) is 17.8. The van der Waals surface area contributed by atoms with E-state index in [1.54, 1.807) is 6.20 Å². The molecule has 0 aromatic carbocycles. The molecule has 0 atom stereocenters. The highest BCUT2D eigenvalue weighted by atomic mass is 32.2. The van der Waals surface area contributed by atoms with Crippen LogP contribution >= 0.6 is 11.8 Å². The fourth-order valence-corrected chi connectivity index (χ4v) is 2.12. The highest BCUT2D eigenvalue weighted by Crippen LogP contribution is 2.18. The first-order chi connectivity index (χ1) is 8.17. The van der Waals surface area contributed by atoms with Gasteiger partial charge in [-0.25, -0.2) is 4.98 Å². The lowest BCUT2D eigenvalue weighted by atomic mass is 10.4. The van der Waals surface area contributed by atoms with Crippen LogP contribution in [0.1, 0.15) is 12.5 Å². The first-order valence-electron chi connectivity index (χ1n) is 5.18. The molecule has 0 unspecified atom stereocenters. The molecule has 2 aromatic heterocycles. The molecule has 90 valence electrons.